The summed E-state index contributed by atoms with van der Waals surface area (Å²) in [7, 11) is 0. The van der Waals surface area contributed by atoms with E-state index in [1.807, 2.05) is 6.92 Å². The Labute approximate surface area is 119 Å². The Balaban J connectivity index is 1.84. The fourth-order valence-corrected chi connectivity index (χ4v) is 2.86. The van der Waals surface area contributed by atoms with Crippen molar-refractivity contribution in [1.29, 1.82) is 0 Å². The molecular formula is C14H24N2O4. The summed E-state index contributed by atoms with van der Waals surface area (Å²) in [6.45, 7) is 5.29. The lowest BCUT2D eigenvalue weighted by Gasteiger charge is -2.32. The fraction of sp³-hybridized carbons (Fsp3) is 0.857. The van der Waals surface area contributed by atoms with Gasteiger partial charge >= 0.3 is 0 Å². The third kappa shape index (κ3) is 3.30. The summed E-state index contributed by atoms with van der Waals surface area (Å²) in [6.07, 6.45) is 1.92. The minimum Gasteiger partial charge on any atom is -0.385 e. The molecule has 2 N–H and O–H groups in total. The predicted octanol–water partition coefficient (Wildman–Crippen LogP) is -0.0990. The van der Waals surface area contributed by atoms with Gasteiger partial charge < -0.3 is 20.1 Å². The molecule has 0 aromatic rings. The molecule has 2 saturated heterocycles. The Kier molecular flexibility index (Phi) is 4.65. The second kappa shape index (κ2) is 6.10. The van der Waals surface area contributed by atoms with Crippen LogP contribution >= 0.6 is 0 Å². The summed E-state index contributed by atoms with van der Waals surface area (Å²) in [5.74, 6) is -0.240. The number of nitrogens with zero attached hydrogens (tertiary/aromatic N) is 1. The maximum atomic E-state index is 12.2. The third-order valence-electron chi connectivity index (χ3n) is 4.47. The molecule has 2 rings (SSSR count). The van der Waals surface area contributed by atoms with E-state index in [0.29, 0.717) is 19.6 Å². The zero-order valence-corrected chi connectivity index (χ0v) is 12.2. The van der Waals surface area contributed by atoms with Crippen LogP contribution in [0, 0.1) is 5.92 Å². The second-order valence-corrected chi connectivity index (χ2v) is 5.89. The molecule has 3 atom stereocenters. The molecule has 2 amide bonds. The number of amides is 2. The standard InChI is InChI=1S/C14H24N2O4/c1-10-14(19,5-7-20-10)9-15-13(18)12-4-3-6-16(8-12)11(2)17/h10,12,19H,3-9H2,1-2H3,(H,15,18). The zero-order chi connectivity index (χ0) is 14.8. The van der Waals surface area contributed by atoms with Gasteiger partial charge in [-0.15, -0.1) is 0 Å². The molecule has 0 saturated carbocycles. The lowest BCUT2D eigenvalue weighted by molar-refractivity contribution is -0.134. The SMILES string of the molecule is CC(=O)N1CCCC(C(=O)NCC2(O)CCOC2C)C1. The van der Waals surface area contributed by atoms with E-state index in [1.165, 1.54) is 6.92 Å². The van der Waals surface area contributed by atoms with Crippen LogP contribution in [0.4, 0.5) is 0 Å². The average molecular weight is 284 g/mol. The summed E-state index contributed by atoms with van der Waals surface area (Å²) in [6, 6.07) is 0. The van der Waals surface area contributed by atoms with Crippen LogP contribution in [-0.4, -0.2) is 59.8 Å². The number of aliphatic hydroxyl groups is 1. The van der Waals surface area contributed by atoms with Gasteiger partial charge in [0, 0.05) is 39.6 Å². The van der Waals surface area contributed by atoms with Gasteiger partial charge in [0.15, 0.2) is 0 Å². The first kappa shape index (κ1) is 15.3. The highest BCUT2D eigenvalue weighted by Crippen LogP contribution is 2.25. The number of hydrogen-bond acceptors (Lipinski definition) is 4. The van der Waals surface area contributed by atoms with E-state index in [0.717, 1.165) is 19.4 Å². The molecule has 0 aromatic heterocycles. The van der Waals surface area contributed by atoms with E-state index in [4.69, 9.17) is 4.74 Å². The number of carbonyl (C=O) groups is 2. The van der Waals surface area contributed by atoms with Gasteiger partial charge in [0.1, 0.15) is 5.60 Å². The number of ether oxygens (including phenoxy) is 1. The summed E-state index contributed by atoms with van der Waals surface area (Å²) in [5.41, 5.74) is -0.968. The molecule has 0 radical (unpaired) electrons. The summed E-state index contributed by atoms with van der Waals surface area (Å²) in [4.78, 5) is 25.2. The molecule has 2 aliphatic rings. The van der Waals surface area contributed by atoms with Crippen molar-refractivity contribution in [2.24, 2.45) is 5.92 Å². The second-order valence-electron chi connectivity index (χ2n) is 5.89. The molecule has 20 heavy (non-hydrogen) atoms. The van der Waals surface area contributed by atoms with E-state index in [1.54, 1.807) is 4.90 Å². The van der Waals surface area contributed by atoms with Crippen molar-refractivity contribution in [2.45, 2.75) is 44.8 Å². The van der Waals surface area contributed by atoms with Crippen LogP contribution in [0.15, 0.2) is 0 Å². The number of rotatable bonds is 3. The van der Waals surface area contributed by atoms with Gasteiger partial charge in [0.05, 0.1) is 12.0 Å². The third-order valence-corrected chi connectivity index (χ3v) is 4.47. The maximum absolute atomic E-state index is 12.2. The highest BCUT2D eigenvalue weighted by molar-refractivity contribution is 5.80. The first-order chi connectivity index (χ1) is 9.42. The van der Waals surface area contributed by atoms with Crippen molar-refractivity contribution in [2.75, 3.05) is 26.2 Å². The maximum Gasteiger partial charge on any atom is 0.225 e. The molecule has 2 aliphatic heterocycles. The zero-order valence-electron chi connectivity index (χ0n) is 12.2. The largest absolute Gasteiger partial charge is 0.385 e. The smallest absolute Gasteiger partial charge is 0.225 e. The normalized spacial score (nSPS) is 34.0. The van der Waals surface area contributed by atoms with Crippen LogP contribution in [0.3, 0.4) is 0 Å². The molecule has 2 heterocycles. The van der Waals surface area contributed by atoms with Gasteiger partial charge in [-0.3, -0.25) is 9.59 Å². The van der Waals surface area contributed by atoms with Crippen molar-refractivity contribution < 1.29 is 19.4 Å². The van der Waals surface area contributed by atoms with Gasteiger partial charge in [-0.05, 0) is 19.8 Å². The Bertz CT molecular complexity index is 387. The Hall–Kier alpha value is -1.14. The van der Waals surface area contributed by atoms with Gasteiger partial charge in [-0.25, -0.2) is 0 Å². The van der Waals surface area contributed by atoms with Crippen molar-refractivity contribution in [3.8, 4) is 0 Å². The lowest BCUT2D eigenvalue weighted by Crippen LogP contribution is -2.51. The van der Waals surface area contributed by atoms with E-state index in [9.17, 15) is 14.7 Å². The lowest BCUT2D eigenvalue weighted by atomic mass is 9.94. The number of nitrogens with one attached hydrogen (secondary N) is 1. The number of carbonyl (C=O) groups excluding carboxylic acids is 2. The van der Waals surface area contributed by atoms with Crippen LogP contribution in [0.5, 0.6) is 0 Å². The first-order valence-corrected chi connectivity index (χ1v) is 7.29. The Morgan fingerprint density at radius 3 is 2.85 bits per heavy atom. The van der Waals surface area contributed by atoms with Crippen molar-refractivity contribution in [1.82, 2.24) is 10.2 Å². The molecule has 0 aromatic carbocycles. The van der Waals surface area contributed by atoms with Gasteiger partial charge in [-0.1, -0.05) is 0 Å². The molecule has 2 fully saturated rings. The average Bonchev–Trinajstić information content (AvgIpc) is 2.76. The Morgan fingerprint density at radius 2 is 2.25 bits per heavy atom. The minimum absolute atomic E-state index is 0.0129. The van der Waals surface area contributed by atoms with Crippen molar-refractivity contribution in [3.05, 3.63) is 0 Å². The van der Waals surface area contributed by atoms with Gasteiger partial charge in [0.25, 0.3) is 0 Å². The molecule has 0 aliphatic carbocycles. The molecule has 0 bridgehead atoms. The highest BCUT2D eigenvalue weighted by Gasteiger charge is 2.40. The van der Waals surface area contributed by atoms with Crippen molar-refractivity contribution >= 4 is 11.8 Å². The summed E-state index contributed by atoms with van der Waals surface area (Å²) >= 11 is 0. The highest BCUT2D eigenvalue weighted by atomic mass is 16.5. The topological polar surface area (TPSA) is 78.9 Å². The number of piperidine rings is 1. The quantitative estimate of drug-likeness (QED) is 0.758. The molecule has 6 heteroatoms. The predicted molar refractivity (Wildman–Crippen MR) is 73.0 cm³/mol. The van der Waals surface area contributed by atoms with Gasteiger partial charge in [-0.2, -0.15) is 0 Å². The van der Waals surface area contributed by atoms with Crippen LogP contribution in [0.1, 0.15) is 33.1 Å². The Morgan fingerprint density at radius 1 is 1.50 bits per heavy atom. The van der Waals surface area contributed by atoms with E-state index < -0.39 is 5.60 Å². The van der Waals surface area contributed by atoms with E-state index >= 15 is 0 Å². The summed E-state index contributed by atoms with van der Waals surface area (Å²) in [5, 5.41) is 13.2. The van der Waals surface area contributed by atoms with Crippen LogP contribution in [-0.2, 0) is 14.3 Å². The van der Waals surface area contributed by atoms with Crippen molar-refractivity contribution in [3.63, 3.8) is 0 Å². The number of likely N-dealkylation sites (tertiary alicyclic amines) is 1. The molecule has 3 unspecified atom stereocenters. The number of hydrogen-bond donors (Lipinski definition) is 2. The van der Waals surface area contributed by atoms with Crippen LogP contribution in [0.2, 0.25) is 0 Å². The van der Waals surface area contributed by atoms with E-state index in [2.05, 4.69) is 5.32 Å². The monoisotopic (exact) mass is 284 g/mol. The molecule has 6 nitrogen and oxygen atoms in total. The first-order valence-electron chi connectivity index (χ1n) is 7.29. The minimum atomic E-state index is -0.968. The molecule has 114 valence electrons. The molecular weight excluding hydrogens is 260 g/mol. The van der Waals surface area contributed by atoms with Crippen LogP contribution < -0.4 is 5.32 Å². The van der Waals surface area contributed by atoms with E-state index in [-0.39, 0.29) is 30.4 Å². The fourth-order valence-electron chi connectivity index (χ4n) is 2.86. The van der Waals surface area contributed by atoms with Crippen LogP contribution in [0.25, 0.3) is 0 Å². The molecule has 0 spiro atoms. The summed E-state index contributed by atoms with van der Waals surface area (Å²) < 4.78 is 5.34. The van der Waals surface area contributed by atoms with Gasteiger partial charge in [0.2, 0.25) is 11.8 Å².